The van der Waals surface area contributed by atoms with Crippen molar-refractivity contribution in [1.82, 2.24) is 0 Å². The Hall–Kier alpha value is 0.310. The lowest BCUT2D eigenvalue weighted by atomic mass is 10.0. The highest BCUT2D eigenvalue weighted by molar-refractivity contribution is 8.00. The maximum atomic E-state index is 11.2. The summed E-state index contributed by atoms with van der Waals surface area (Å²) in [5, 5.41) is 0.207. The maximum absolute atomic E-state index is 11.2. The van der Waals surface area contributed by atoms with Crippen LogP contribution in [0, 0.1) is 5.92 Å². The van der Waals surface area contributed by atoms with Crippen molar-refractivity contribution in [3.05, 3.63) is 0 Å². The molecule has 0 aromatic rings. The van der Waals surface area contributed by atoms with E-state index in [1.54, 1.807) is 11.8 Å². The first kappa shape index (κ1) is 8.41. The van der Waals surface area contributed by atoms with Crippen molar-refractivity contribution in [2.45, 2.75) is 24.5 Å². The second kappa shape index (κ2) is 3.14. The number of alkyl halides is 1. The molecule has 3 heteroatoms. The van der Waals surface area contributed by atoms with Crippen LogP contribution in [0.1, 0.15) is 13.8 Å². The summed E-state index contributed by atoms with van der Waals surface area (Å²) in [7, 11) is 0. The minimum Gasteiger partial charge on any atom is -0.298 e. The van der Waals surface area contributed by atoms with E-state index in [2.05, 4.69) is 0 Å². The van der Waals surface area contributed by atoms with Crippen molar-refractivity contribution in [3.63, 3.8) is 0 Å². The van der Waals surface area contributed by atoms with E-state index in [0.717, 1.165) is 5.75 Å². The SMILES string of the molecule is C[C@@H]1SC[C@@H](Cl)[C@H](C)C1=O. The van der Waals surface area contributed by atoms with Crippen LogP contribution in [0.25, 0.3) is 0 Å². The Kier molecular flexibility index (Phi) is 2.64. The number of ketones is 1. The van der Waals surface area contributed by atoms with Crippen molar-refractivity contribution >= 4 is 29.1 Å². The zero-order chi connectivity index (χ0) is 7.72. The molecule has 10 heavy (non-hydrogen) atoms. The normalized spacial score (nSPS) is 41.9. The van der Waals surface area contributed by atoms with Crippen LogP contribution in [0.2, 0.25) is 0 Å². The molecule has 1 aliphatic rings. The van der Waals surface area contributed by atoms with Crippen LogP contribution in [0.3, 0.4) is 0 Å². The fourth-order valence-electron chi connectivity index (χ4n) is 1.01. The van der Waals surface area contributed by atoms with Gasteiger partial charge in [0.2, 0.25) is 0 Å². The molecule has 0 spiro atoms. The van der Waals surface area contributed by atoms with Gasteiger partial charge in [-0.05, 0) is 6.92 Å². The standard InChI is InChI=1S/C7H11ClOS/c1-4-6(8)3-10-5(2)7(4)9/h4-6H,3H2,1-2H3/t4-,5-,6+/m0/s1. The Balaban J connectivity index is 2.60. The molecular formula is C7H11ClOS. The molecular weight excluding hydrogens is 168 g/mol. The number of Topliss-reactive ketones (excluding diaryl/α,β-unsaturated/α-hetero) is 1. The molecule has 1 aliphatic heterocycles. The van der Waals surface area contributed by atoms with E-state index in [1.165, 1.54) is 0 Å². The van der Waals surface area contributed by atoms with Gasteiger partial charge in [0, 0.05) is 11.7 Å². The Morgan fingerprint density at radius 1 is 1.60 bits per heavy atom. The fourth-order valence-corrected chi connectivity index (χ4v) is 2.49. The van der Waals surface area contributed by atoms with Gasteiger partial charge in [0.25, 0.3) is 0 Å². The molecule has 0 aromatic heterocycles. The molecule has 0 N–H and O–H groups in total. The van der Waals surface area contributed by atoms with Crippen LogP contribution in [0.5, 0.6) is 0 Å². The fraction of sp³-hybridized carbons (Fsp3) is 0.857. The molecule has 1 nitrogen and oxygen atoms in total. The summed E-state index contributed by atoms with van der Waals surface area (Å²) in [4.78, 5) is 11.2. The van der Waals surface area contributed by atoms with Crippen LogP contribution < -0.4 is 0 Å². The molecule has 0 bridgehead atoms. The second-order valence-electron chi connectivity index (χ2n) is 2.68. The average molecular weight is 179 g/mol. The van der Waals surface area contributed by atoms with E-state index in [4.69, 9.17) is 11.6 Å². The Morgan fingerprint density at radius 3 is 2.70 bits per heavy atom. The Bertz CT molecular complexity index is 149. The first-order valence-electron chi connectivity index (χ1n) is 3.42. The summed E-state index contributed by atoms with van der Waals surface area (Å²) in [5.41, 5.74) is 0. The van der Waals surface area contributed by atoms with Gasteiger partial charge in [-0.3, -0.25) is 4.79 Å². The van der Waals surface area contributed by atoms with Crippen molar-refractivity contribution in [2.75, 3.05) is 5.75 Å². The number of carbonyl (C=O) groups is 1. The van der Waals surface area contributed by atoms with Crippen molar-refractivity contribution in [2.24, 2.45) is 5.92 Å². The van der Waals surface area contributed by atoms with Gasteiger partial charge in [-0.2, -0.15) is 0 Å². The van der Waals surface area contributed by atoms with Gasteiger partial charge in [0.05, 0.1) is 10.6 Å². The monoisotopic (exact) mass is 178 g/mol. The summed E-state index contributed by atoms with van der Waals surface area (Å²) < 4.78 is 0. The molecule has 1 saturated heterocycles. The summed E-state index contributed by atoms with van der Waals surface area (Å²) in [5.74, 6) is 1.27. The molecule has 58 valence electrons. The summed E-state index contributed by atoms with van der Waals surface area (Å²) in [6.45, 7) is 3.86. The lowest BCUT2D eigenvalue weighted by Gasteiger charge is -2.26. The quantitative estimate of drug-likeness (QED) is 0.528. The van der Waals surface area contributed by atoms with Crippen molar-refractivity contribution in [3.8, 4) is 0 Å². The number of hydrogen-bond acceptors (Lipinski definition) is 2. The first-order chi connectivity index (χ1) is 4.63. The second-order valence-corrected chi connectivity index (χ2v) is 4.62. The molecule has 1 rings (SSSR count). The van der Waals surface area contributed by atoms with E-state index >= 15 is 0 Å². The molecule has 0 aliphatic carbocycles. The molecule has 3 atom stereocenters. The minimum atomic E-state index is 0.0497. The van der Waals surface area contributed by atoms with E-state index in [-0.39, 0.29) is 16.5 Å². The summed E-state index contributed by atoms with van der Waals surface area (Å²) >= 11 is 7.54. The number of halogens is 1. The van der Waals surface area contributed by atoms with Crippen molar-refractivity contribution in [1.29, 1.82) is 0 Å². The molecule has 0 unspecified atom stereocenters. The number of carbonyl (C=O) groups excluding carboxylic acids is 1. The van der Waals surface area contributed by atoms with Crippen LogP contribution in [-0.4, -0.2) is 22.2 Å². The van der Waals surface area contributed by atoms with Crippen LogP contribution in [0.4, 0.5) is 0 Å². The van der Waals surface area contributed by atoms with Gasteiger partial charge >= 0.3 is 0 Å². The lowest BCUT2D eigenvalue weighted by Crippen LogP contribution is -2.35. The topological polar surface area (TPSA) is 17.1 Å². The molecule has 1 fully saturated rings. The van der Waals surface area contributed by atoms with E-state index < -0.39 is 0 Å². The van der Waals surface area contributed by atoms with Gasteiger partial charge in [-0.15, -0.1) is 23.4 Å². The van der Waals surface area contributed by atoms with Crippen LogP contribution in [-0.2, 0) is 4.79 Å². The molecule has 0 radical (unpaired) electrons. The highest BCUT2D eigenvalue weighted by Crippen LogP contribution is 2.29. The summed E-state index contributed by atoms with van der Waals surface area (Å²) in [6, 6.07) is 0. The summed E-state index contributed by atoms with van der Waals surface area (Å²) in [6.07, 6.45) is 0. The van der Waals surface area contributed by atoms with E-state index in [9.17, 15) is 4.79 Å². The first-order valence-corrected chi connectivity index (χ1v) is 4.91. The highest BCUT2D eigenvalue weighted by atomic mass is 35.5. The minimum absolute atomic E-state index is 0.0497. The zero-order valence-electron chi connectivity index (χ0n) is 6.13. The predicted octanol–water partition coefficient (Wildman–Crippen LogP) is 1.93. The number of hydrogen-bond donors (Lipinski definition) is 0. The molecule has 1 heterocycles. The van der Waals surface area contributed by atoms with Gasteiger partial charge in [0.1, 0.15) is 5.78 Å². The van der Waals surface area contributed by atoms with Gasteiger partial charge in [-0.1, -0.05) is 6.92 Å². The lowest BCUT2D eigenvalue weighted by molar-refractivity contribution is -0.121. The van der Waals surface area contributed by atoms with Gasteiger partial charge in [0.15, 0.2) is 0 Å². The van der Waals surface area contributed by atoms with Crippen molar-refractivity contribution < 1.29 is 4.79 Å². The number of thioether (sulfide) groups is 1. The number of rotatable bonds is 0. The van der Waals surface area contributed by atoms with Gasteiger partial charge in [-0.25, -0.2) is 0 Å². The Labute approximate surface area is 70.5 Å². The highest BCUT2D eigenvalue weighted by Gasteiger charge is 2.31. The smallest absolute Gasteiger partial charge is 0.149 e. The maximum Gasteiger partial charge on any atom is 0.149 e. The molecule has 0 amide bonds. The third-order valence-corrected chi connectivity index (χ3v) is 3.90. The Morgan fingerprint density at radius 2 is 2.20 bits per heavy atom. The zero-order valence-corrected chi connectivity index (χ0v) is 7.71. The largest absolute Gasteiger partial charge is 0.298 e. The molecule has 0 saturated carbocycles. The third kappa shape index (κ3) is 1.48. The van der Waals surface area contributed by atoms with Gasteiger partial charge < -0.3 is 0 Å². The predicted molar refractivity (Wildman–Crippen MR) is 45.7 cm³/mol. The molecule has 0 aromatic carbocycles. The van der Waals surface area contributed by atoms with E-state index in [0.29, 0.717) is 5.78 Å². The third-order valence-electron chi connectivity index (χ3n) is 1.90. The van der Waals surface area contributed by atoms with Crippen LogP contribution in [0.15, 0.2) is 0 Å². The average Bonchev–Trinajstić information content (AvgIpc) is 1.93. The van der Waals surface area contributed by atoms with Crippen LogP contribution >= 0.6 is 23.4 Å². The van der Waals surface area contributed by atoms with E-state index in [1.807, 2.05) is 13.8 Å².